The first-order chi connectivity index (χ1) is 14.4. The van der Waals surface area contributed by atoms with Gasteiger partial charge in [0.25, 0.3) is 0 Å². The van der Waals surface area contributed by atoms with Crippen molar-refractivity contribution >= 4 is 28.5 Å². The average Bonchev–Trinajstić information content (AvgIpc) is 2.68. The van der Waals surface area contributed by atoms with Crippen LogP contribution in [0.1, 0.15) is 57.8 Å². The Bertz CT molecular complexity index is 733. The molecule has 0 saturated heterocycles. The van der Waals surface area contributed by atoms with E-state index in [0.29, 0.717) is 25.0 Å². The van der Waals surface area contributed by atoms with Crippen LogP contribution in [0, 0.1) is 5.92 Å². The number of carbonyl (C=O) groups excluding carboxylic acids is 1. The number of rotatable bonds is 6. The number of hydrogen-bond donors (Lipinski definition) is 1. The summed E-state index contributed by atoms with van der Waals surface area (Å²) in [5.41, 5.74) is 0. The van der Waals surface area contributed by atoms with E-state index in [4.69, 9.17) is 0 Å². The van der Waals surface area contributed by atoms with Crippen molar-refractivity contribution in [2.75, 3.05) is 5.75 Å². The largest absolute Gasteiger partial charge is 0.460 e. The minimum atomic E-state index is -7.27. The van der Waals surface area contributed by atoms with Crippen LogP contribution < -0.4 is 0 Å². The van der Waals surface area contributed by atoms with Crippen molar-refractivity contribution in [3.8, 4) is 0 Å². The summed E-state index contributed by atoms with van der Waals surface area (Å²) in [6.07, 6.45) is -3.43. The second-order valence-electron chi connectivity index (χ2n) is 7.57. The molecule has 190 valence electrons. The van der Waals surface area contributed by atoms with Crippen LogP contribution in [0.4, 0.5) is 39.5 Å². The molecule has 0 spiro atoms. The summed E-state index contributed by atoms with van der Waals surface area (Å²) in [5.74, 6) is -13.1. The fourth-order valence-electron chi connectivity index (χ4n) is 3.17. The summed E-state index contributed by atoms with van der Waals surface area (Å²) >= 11 is 4.10. The summed E-state index contributed by atoms with van der Waals surface area (Å²) in [6, 6.07) is 0. The van der Waals surface area contributed by atoms with Crippen molar-refractivity contribution in [2.24, 2.45) is 5.92 Å². The zero-order valence-corrected chi connectivity index (χ0v) is 18.3. The van der Waals surface area contributed by atoms with E-state index < -0.39 is 39.5 Å². The fourth-order valence-corrected chi connectivity index (χ4v) is 4.67. The van der Waals surface area contributed by atoms with E-state index in [1.807, 2.05) is 0 Å². The predicted octanol–water partition coefficient (Wildman–Crippen LogP) is 5.77. The molecule has 32 heavy (non-hydrogen) atoms. The Hall–Kier alpha value is -0.700. The van der Waals surface area contributed by atoms with Crippen molar-refractivity contribution < 1.29 is 56.9 Å². The maximum atomic E-state index is 13.3. The van der Waals surface area contributed by atoms with Gasteiger partial charge in [0, 0.05) is 12.3 Å². The first kappa shape index (κ1) is 29.3. The van der Waals surface area contributed by atoms with Gasteiger partial charge in [0.2, 0.25) is 0 Å². The molecule has 2 aliphatic carbocycles. The molecule has 0 radical (unpaired) electrons. The van der Waals surface area contributed by atoms with E-state index in [2.05, 4.69) is 16.8 Å². The third kappa shape index (κ3) is 6.24. The highest BCUT2D eigenvalue weighted by Gasteiger charge is 2.85. The molecule has 1 atom stereocenters. The van der Waals surface area contributed by atoms with Crippen LogP contribution in [0.2, 0.25) is 0 Å². The topological polar surface area (TPSA) is 60.4 Å². The van der Waals surface area contributed by atoms with Gasteiger partial charge in [-0.3, -0.25) is 8.98 Å². The molecular formula is C17H23F9O4S2. The summed E-state index contributed by atoms with van der Waals surface area (Å²) in [6.45, 7) is 0. The highest BCUT2D eigenvalue weighted by atomic mass is 32.2. The lowest BCUT2D eigenvalue weighted by Crippen LogP contribution is -2.63. The number of alkyl halides is 9. The molecule has 0 aromatic heterocycles. The number of ketones is 1. The Morgan fingerprint density at radius 2 is 1.31 bits per heavy atom. The highest BCUT2D eigenvalue weighted by Crippen LogP contribution is 2.55. The minimum Gasteiger partial charge on any atom is -0.299 e. The van der Waals surface area contributed by atoms with E-state index in [-0.39, 0.29) is 18.8 Å². The van der Waals surface area contributed by atoms with Gasteiger partial charge in [-0.2, -0.15) is 60.6 Å². The Morgan fingerprint density at radius 3 is 1.72 bits per heavy atom. The standard InChI is InChI=1S/C10H11F9O3S.C7H12OS/c11-7(12,9(15,16)17)8(13,14)10(18,19)23(20,21)22-6-4-2-1-3-5-6;8-7-4-2-1-3-6(7)5-9/h6H,1-5H2;6,9H,1-5H2. The van der Waals surface area contributed by atoms with Gasteiger partial charge in [0.15, 0.2) is 0 Å². The predicted molar refractivity (Wildman–Crippen MR) is 98.6 cm³/mol. The van der Waals surface area contributed by atoms with Crippen molar-refractivity contribution in [1.29, 1.82) is 0 Å². The van der Waals surface area contributed by atoms with Gasteiger partial charge in [-0.15, -0.1) is 0 Å². The molecule has 15 heteroatoms. The molecule has 0 N–H and O–H groups in total. The molecular weight excluding hydrogens is 503 g/mol. The number of carbonyl (C=O) groups is 1. The van der Waals surface area contributed by atoms with Crippen LogP contribution >= 0.6 is 12.6 Å². The second-order valence-corrected chi connectivity index (χ2v) is 9.54. The Kier molecular flexibility index (Phi) is 9.81. The van der Waals surface area contributed by atoms with E-state index >= 15 is 0 Å². The molecule has 4 nitrogen and oxygen atoms in total. The molecule has 1 unspecified atom stereocenters. The Labute approximate surface area is 184 Å². The Morgan fingerprint density at radius 1 is 0.812 bits per heavy atom. The van der Waals surface area contributed by atoms with Crippen LogP contribution in [-0.2, 0) is 19.1 Å². The quantitative estimate of drug-likeness (QED) is 0.271. The van der Waals surface area contributed by atoms with Crippen molar-refractivity contribution in [3.63, 3.8) is 0 Å². The molecule has 2 aliphatic rings. The maximum Gasteiger partial charge on any atom is 0.460 e. The molecule has 0 bridgehead atoms. The molecule has 2 rings (SSSR count). The summed E-state index contributed by atoms with van der Waals surface area (Å²) in [5, 5.41) is -6.77. The van der Waals surface area contributed by atoms with Gasteiger partial charge in [-0.1, -0.05) is 25.7 Å². The second kappa shape index (κ2) is 10.7. The summed E-state index contributed by atoms with van der Waals surface area (Å²) < 4.78 is 140. The molecule has 0 aromatic carbocycles. The third-order valence-corrected chi connectivity index (χ3v) is 7.00. The lowest BCUT2D eigenvalue weighted by atomic mass is 9.89. The zero-order valence-electron chi connectivity index (χ0n) is 16.6. The number of hydrogen-bond acceptors (Lipinski definition) is 5. The van der Waals surface area contributed by atoms with Crippen LogP contribution in [0.3, 0.4) is 0 Å². The van der Waals surface area contributed by atoms with Gasteiger partial charge in [0.05, 0.1) is 6.10 Å². The Balaban J connectivity index is 0.000000471. The molecule has 0 aromatic rings. The zero-order chi connectivity index (χ0) is 25.0. The lowest BCUT2D eigenvalue weighted by molar-refractivity contribution is -0.382. The molecule has 2 fully saturated rings. The van der Waals surface area contributed by atoms with E-state index in [0.717, 1.165) is 25.0 Å². The number of thiol groups is 1. The average molecular weight is 526 g/mol. The van der Waals surface area contributed by atoms with E-state index in [1.54, 1.807) is 0 Å². The van der Waals surface area contributed by atoms with Crippen LogP contribution in [-0.4, -0.2) is 49.3 Å². The smallest absolute Gasteiger partial charge is 0.299 e. The monoisotopic (exact) mass is 526 g/mol. The van der Waals surface area contributed by atoms with Crippen LogP contribution in [0.15, 0.2) is 0 Å². The van der Waals surface area contributed by atoms with Gasteiger partial charge in [0.1, 0.15) is 5.78 Å². The van der Waals surface area contributed by atoms with E-state index in [9.17, 15) is 52.7 Å². The van der Waals surface area contributed by atoms with E-state index in [1.165, 1.54) is 6.42 Å². The van der Waals surface area contributed by atoms with Crippen LogP contribution in [0.5, 0.6) is 0 Å². The summed E-state index contributed by atoms with van der Waals surface area (Å²) in [7, 11) is -6.72. The molecule has 0 aliphatic heterocycles. The van der Waals surface area contributed by atoms with Gasteiger partial charge in [-0.25, -0.2) is 0 Å². The number of Topliss-reactive ketones (excluding diaryl/α,β-unsaturated/α-hetero) is 1. The summed E-state index contributed by atoms with van der Waals surface area (Å²) in [4.78, 5) is 11.0. The first-order valence-electron chi connectivity index (χ1n) is 9.69. The highest BCUT2D eigenvalue weighted by molar-refractivity contribution is 7.87. The van der Waals surface area contributed by atoms with Gasteiger partial charge in [-0.05, 0) is 31.4 Å². The molecule has 2 saturated carbocycles. The van der Waals surface area contributed by atoms with Crippen molar-refractivity contribution in [1.82, 2.24) is 0 Å². The lowest BCUT2D eigenvalue weighted by Gasteiger charge is -2.33. The normalized spacial score (nSPS) is 22.3. The molecule has 0 amide bonds. The third-order valence-electron chi connectivity index (χ3n) is 5.15. The minimum absolute atomic E-state index is 0.128. The van der Waals surface area contributed by atoms with Gasteiger partial charge >= 0.3 is 33.4 Å². The van der Waals surface area contributed by atoms with Crippen molar-refractivity contribution in [3.05, 3.63) is 0 Å². The van der Waals surface area contributed by atoms with Crippen molar-refractivity contribution in [2.45, 2.75) is 87.2 Å². The fraction of sp³-hybridized carbons (Fsp3) is 0.941. The van der Waals surface area contributed by atoms with Gasteiger partial charge < -0.3 is 0 Å². The van der Waals surface area contributed by atoms with Crippen LogP contribution in [0.25, 0.3) is 0 Å². The number of halogens is 9. The maximum absolute atomic E-state index is 13.3. The first-order valence-corrected chi connectivity index (χ1v) is 11.7. The SMILES string of the molecule is O=C1CCCCC1CS.O=S(=O)(OC1CCCCC1)C(F)(F)C(F)(F)C(F)(F)C(F)(F)F. The molecule has 0 heterocycles.